The molecule has 2 aromatic carbocycles. The number of carbonyl (C=O) groups is 4. The molecule has 0 amide bonds. The summed E-state index contributed by atoms with van der Waals surface area (Å²) in [7, 11) is 1.49. The van der Waals surface area contributed by atoms with E-state index >= 15 is 0 Å². The zero-order chi connectivity index (χ0) is 24.5. The second-order valence-electron chi connectivity index (χ2n) is 7.76. The highest BCUT2D eigenvalue weighted by Gasteiger charge is 2.43. The number of rotatable bonds is 9. The molecule has 0 saturated heterocycles. The number of methoxy groups -OCH3 is 1. The Balaban J connectivity index is 1.86. The number of hydrogen-bond acceptors (Lipinski definition) is 8. The van der Waals surface area contributed by atoms with Crippen molar-refractivity contribution in [2.75, 3.05) is 7.11 Å². The topological polar surface area (TPSA) is 125 Å². The molecular weight excluding hydrogens is 444 g/mol. The van der Waals surface area contributed by atoms with Crippen LogP contribution in [-0.2, 0) is 28.5 Å². The molecule has 1 N–H and O–H groups in total. The molecule has 0 radical (unpaired) electrons. The largest absolute Gasteiger partial charge is 0.478 e. The zero-order valence-electron chi connectivity index (χ0n) is 18.6. The van der Waals surface area contributed by atoms with Gasteiger partial charge in [-0.2, -0.15) is 0 Å². The Labute approximate surface area is 196 Å². The van der Waals surface area contributed by atoms with Gasteiger partial charge in [0, 0.05) is 7.11 Å². The van der Waals surface area contributed by atoms with E-state index in [0.29, 0.717) is 12.8 Å². The van der Waals surface area contributed by atoms with Gasteiger partial charge in [-0.15, -0.1) is 0 Å². The van der Waals surface area contributed by atoms with Crippen LogP contribution < -0.4 is 0 Å². The molecule has 0 heterocycles. The van der Waals surface area contributed by atoms with Crippen molar-refractivity contribution in [1.29, 1.82) is 0 Å². The summed E-state index contributed by atoms with van der Waals surface area (Å²) in [6, 6.07) is 15.4. The maximum atomic E-state index is 13.1. The van der Waals surface area contributed by atoms with Crippen molar-refractivity contribution in [2.24, 2.45) is 0 Å². The van der Waals surface area contributed by atoms with Crippen molar-refractivity contribution in [2.45, 2.75) is 50.1 Å². The third kappa shape index (κ3) is 6.41. The lowest BCUT2D eigenvalue weighted by atomic mass is 9.94. The van der Waals surface area contributed by atoms with Crippen molar-refractivity contribution in [3.8, 4) is 0 Å². The maximum absolute atomic E-state index is 13.1. The number of aliphatic carboxylic acids is 1. The molecule has 4 atom stereocenters. The van der Waals surface area contributed by atoms with Crippen LogP contribution in [0, 0.1) is 0 Å². The average Bonchev–Trinajstić information content (AvgIpc) is 2.87. The molecule has 9 heteroatoms. The van der Waals surface area contributed by atoms with Gasteiger partial charge in [0.2, 0.25) is 12.2 Å². The van der Waals surface area contributed by atoms with E-state index in [-0.39, 0.29) is 17.2 Å². The van der Waals surface area contributed by atoms with Gasteiger partial charge in [0.1, 0.15) is 6.10 Å². The van der Waals surface area contributed by atoms with E-state index in [1.54, 1.807) is 36.4 Å². The van der Waals surface area contributed by atoms with Crippen LogP contribution in [0.15, 0.2) is 60.7 Å². The van der Waals surface area contributed by atoms with Crippen molar-refractivity contribution in [1.82, 2.24) is 0 Å². The van der Waals surface area contributed by atoms with Gasteiger partial charge in [-0.25, -0.2) is 19.2 Å². The predicted octanol–water partition coefficient (Wildman–Crippen LogP) is 3.02. The number of benzene rings is 2. The molecular formula is C25H26O9. The first kappa shape index (κ1) is 24.9. The SMILES string of the molecule is COC1CCCCC1OC(=O)[C@H](OC(=O)c1ccccc1)[C@@H](OC(=O)c1ccccc1)C(=O)O. The van der Waals surface area contributed by atoms with Crippen LogP contribution in [0.25, 0.3) is 0 Å². The Morgan fingerprint density at radius 1 is 0.765 bits per heavy atom. The molecule has 34 heavy (non-hydrogen) atoms. The minimum absolute atomic E-state index is 0.0713. The molecule has 1 aliphatic carbocycles. The Morgan fingerprint density at radius 2 is 1.24 bits per heavy atom. The van der Waals surface area contributed by atoms with Crippen LogP contribution in [0.2, 0.25) is 0 Å². The van der Waals surface area contributed by atoms with Crippen LogP contribution in [0.3, 0.4) is 0 Å². The third-order valence-corrected chi connectivity index (χ3v) is 5.45. The smallest absolute Gasteiger partial charge is 0.352 e. The Morgan fingerprint density at radius 3 is 1.71 bits per heavy atom. The van der Waals surface area contributed by atoms with Gasteiger partial charge in [0.15, 0.2) is 0 Å². The number of carbonyl (C=O) groups excluding carboxylic acids is 3. The van der Waals surface area contributed by atoms with Crippen LogP contribution in [0.4, 0.5) is 0 Å². The van der Waals surface area contributed by atoms with E-state index in [4.69, 9.17) is 18.9 Å². The van der Waals surface area contributed by atoms with Crippen molar-refractivity contribution in [3.63, 3.8) is 0 Å². The van der Waals surface area contributed by atoms with Crippen molar-refractivity contribution >= 4 is 23.9 Å². The molecule has 2 aromatic rings. The molecule has 0 aliphatic heterocycles. The summed E-state index contributed by atoms with van der Waals surface area (Å²) < 4.78 is 21.3. The summed E-state index contributed by atoms with van der Waals surface area (Å²) in [5, 5.41) is 9.77. The van der Waals surface area contributed by atoms with Crippen LogP contribution in [0.1, 0.15) is 46.4 Å². The number of ether oxygens (including phenoxy) is 4. The van der Waals surface area contributed by atoms with E-state index in [2.05, 4.69) is 0 Å². The predicted molar refractivity (Wildman–Crippen MR) is 118 cm³/mol. The van der Waals surface area contributed by atoms with Gasteiger partial charge < -0.3 is 24.1 Å². The Bertz CT molecular complexity index is 990. The molecule has 3 rings (SSSR count). The molecule has 1 aliphatic rings. The first-order chi connectivity index (χ1) is 16.4. The first-order valence-corrected chi connectivity index (χ1v) is 10.9. The van der Waals surface area contributed by atoms with E-state index in [1.807, 2.05) is 0 Å². The minimum Gasteiger partial charge on any atom is -0.478 e. The lowest BCUT2D eigenvalue weighted by molar-refractivity contribution is -0.180. The monoisotopic (exact) mass is 470 g/mol. The quantitative estimate of drug-likeness (QED) is 0.435. The van der Waals surface area contributed by atoms with Gasteiger partial charge in [0.25, 0.3) is 0 Å². The molecule has 180 valence electrons. The number of carboxylic acid groups (broad SMARTS) is 1. The summed E-state index contributed by atoms with van der Waals surface area (Å²) in [4.78, 5) is 50.3. The second kappa shape index (κ2) is 11.9. The molecule has 0 bridgehead atoms. The number of carboxylic acids is 1. The molecule has 0 aromatic heterocycles. The maximum Gasteiger partial charge on any atom is 0.352 e. The highest BCUT2D eigenvalue weighted by molar-refractivity contribution is 5.95. The number of hydrogen-bond donors (Lipinski definition) is 1. The molecule has 0 spiro atoms. The molecule has 1 fully saturated rings. The highest BCUT2D eigenvalue weighted by atomic mass is 16.6. The second-order valence-corrected chi connectivity index (χ2v) is 7.76. The van der Waals surface area contributed by atoms with Crippen LogP contribution >= 0.6 is 0 Å². The zero-order valence-corrected chi connectivity index (χ0v) is 18.6. The molecule has 9 nitrogen and oxygen atoms in total. The van der Waals surface area contributed by atoms with E-state index < -0.39 is 42.2 Å². The lowest BCUT2D eigenvalue weighted by Gasteiger charge is -2.31. The fourth-order valence-corrected chi connectivity index (χ4v) is 3.67. The molecule has 2 unspecified atom stereocenters. The van der Waals surface area contributed by atoms with Gasteiger partial charge in [-0.05, 0) is 43.5 Å². The standard InChI is InChI=1S/C25H26O9/c1-31-18-14-8-9-15-19(18)32-25(30)21(34-24(29)17-12-6-3-7-13-17)20(22(26)27)33-23(28)16-10-4-2-5-11-16/h2-7,10-13,18-21H,8-9,14-15H2,1H3,(H,26,27)/t18?,19?,20-,21-/m1/s1. The normalized spacial score (nSPS) is 19.3. The number of esters is 3. The van der Waals surface area contributed by atoms with Gasteiger partial charge in [-0.3, -0.25) is 0 Å². The van der Waals surface area contributed by atoms with Crippen molar-refractivity contribution in [3.05, 3.63) is 71.8 Å². The van der Waals surface area contributed by atoms with Crippen LogP contribution in [-0.4, -0.2) is 60.5 Å². The fraction of sp³-hybridized carbons (Fsp3) is 0.360. The van der Waals surface area contributed by atoms with E-state index in [1.165, 1.54) is 31.4 Å². The van der Waals surface area contributed by atoms with Gasteiger partial charge in [-0.1, -0.05) is 42.8 Å². The van der Waals surface area contributed by atoms with Gasteiger partial charge in [0.05, 0.1) is 17.2 Å². The highest BCUT2D eigenvalue weighted by Crippen LogP contribution is 2.25. The van der Waals surface area contributed by atoms with E-state index in [0.717, 1.165) is 12.8 Å². The molecule has 1 saturated carbocycles. The summed E-state index contributed by atoms with van der Waals surface area (Å²) in [5.74, 6) is -4.75. The van der Waals surface area contributed by atoms with E-state index in [9.17, 15) is 24.3 Å². The third-order valence-electron chi connectivity index (χ3n) is 5.45. The summed E-state index contributed by atoms with van der Waals surface area (Å²) in [5.41, 5.74) is 0.160. The fourth-order valence-electron chi connectivity index (χ4n) is 3.67. The Hall–Kier alpha value is -3.72. The van der Waals surface area contributed by atoms with Gasteiger partial charge >= 0.3 is 23.9 Å². The summed E-state index contributed by atoms with van der Waals surface area (Å²) >= 11 is 0. The summed E-state index contributed by atoms with van der Waals surface area (Å²) in [6.45, 7) is 0. The summed E-state index contributed by atoms with van der Waals surface area (Å²) in [6.07, 6.45) is -2.33. The average molecular weight is 470 g/mol. The van der Waals surface area contributed by atoms with Crippen LogP contribution in [0.5, 0.6) is 0 Å². The van der Waals surface area contributed by atoms with Crippen molar-refractivity contribution < 1.29 is 43.2 Å². The Kier molecular flexibility index (Phi) is 8.75. The minimum atomic E-state index is -2.13. The first-order valence-electron chi connectivity index (χ1n) is 10.9. The lowest BCUT2D eigenvalue weighted by Crippen LogP contribution is -2.48.